The van der Waals surface area contributed by atoms with Gasteiger partial charge in [0.25, 0.3) is 5.91 Å². The highest BCUT2D eigenvalue weighted by Crippen LogP contribution is 2.43. The number of nitrogens with one attached hydrogen (secondary N) is 1. The van der Waals surface area contributed by atoms with Crippen LogP contribution < -0.4 is 5.32 Å². The summed E-state index contributed by atoms with van der Waals surface area (Å²) in [5.41, 5.74) is 0.409. The van der Waals surface area contributed by atoms with Crippen LogP contribution in [0.3, 0.4) is 0 Å². The highest BCUT2D eigenvalue weighted by Gasteiger charge is 2.52. The van der Waals surface area contributed by atoms with Gasteiger partial charge in [0.2, 0.25) is 5.79 Å². The number of aliphatic hydroxyl groups is 2. The van der Waals surface area contributed by atoms with Crippen LogP contribution in [-0.2, 0) is 32.6 Å². The fraction of sp³-hybridized carbons (Fsp3) is 0.897. The minimum absolute atomic E-state index is 0.0611. The number of methoxy groups -OCH3 is 2. The third-order valence-corrected chi connectivity index (χ3v) is 10.3. The van der Waals surface area contributed by atoms with Crippen LogP contribution in [0.2, 0.25) is 39.3 Å². The third-order valence-electron chi connectivity index (χ3n) is 8.23. The Balaban J connectivity index is 2.27. The Kier molecular flexibility index (Phi) is 12.4. The molecule has 9 atom stereocenters. The number of carbonyl (C=O) groups excluding carboxylic acids is 1. The van der Waals surface area contributed by atoms with Crippen LogP contribution in [-0.4, -0.2) is 102 Å². The van der Waals surface area contributed by atoms with Crippen molar-refractivity contribution in [3.63, 3.8) is 0 Å². The molecule has 2 unspecified atom stereocenters. The van der Waals surface area contributed by atoms with Crippen LogP contribution >= 0.6 is 0 Å². The molecule has 0 aromatic rings. The Hall–Kier alpha value is -0.676. The van der Waals surface area contributed by atoms with Gasteiger partial charge >= 0.3 is 0 Å². The predicted octanol–water partition coefficient (Wildman–Crippen LogP) is 3.79. The maximum absolute atomic E-state index is 13.4. The summed E-state index contributed by atoms with van der Waals surface area (Å²) < 4.78 is 36.5. The monoisotopic (exact) mass is 619 g/mol. The summed E-state index contributed by atoms with van der Waals surface area (Å²) in [4.78, 5) is 13.4. The molecule has 2 saturated heterocycles. The lowest BCUT2D eigenvalue weighted by atomic mass is 9.74. The fourth-order valence-corrected chi connectivity index (χ4v) is 7.34. The lowest BCUT2D eigenvalue weighted by Gasteiger charge is -2.51. The van der Waals surface area contributed by atoms with Crippen molar-refractivity contribution < 1.29 is 42.8 Å². The zero-order valence-corrected chi connectivity index (χ0v) is 29.4. The fourth-order valence-electron chi connectivity index (χ4n) is 5.39. The molecule has 41 heavy (non-hydrogen) atoms. The minimum atomic E-state index is -1.97. The lowest BCUT2D eigenvalue weighted by molar-refractivity contribution is -0.298. The number of ether oxygens (including phenoxy) is 4. The van der Waals surface area contributed by atoms with Crippen LogP contribution in [0.25, 0.3) is 0 Å². The van der Waals surface area contributed by atoms with Crippen LogP contribution in [0.1, 0.15) is 47.0 Å². The van der Waals surface area contributed by atoms with E-state index in [1.54, 1.807) is 0 Å². The highest BCUT2D eigenvalue weighted by atomic mass is 28.4. The Morgan fingerprint density at radius 1 is 1.12 bits per heavy atom. The van der Waals surface area contributed by atoms with E-state index in [4.69, 9.17) is 27.8 Å². The molecule has 0 aromatic heterocycles. The molecule has 2 heterocycles. The van der Waals surface area contributed by atoms with Gasteiger partial charge in [0.15, 0.2) is 29.0 Å². The van der Waals surface area contributed by atoms with E-state index in [-0.39, 0.29) is 31.2 Å². The van der Waals surface area contributed by atoms with E-state index in [0.29, 0.717) is 12.8 Å². The molecule has 2 aliphatic heterocycles. The number of amides is 1. The standard InChI is InChI=1S/C29H57NO9Si2/c1-18-16-29(35-7,38-20(3)19(18)2)25(32)26(33)30-27(34-6)22-15-24(39-41(11,12)13)28(4,5)23(37-22)14-21(31)17-36-40(8,9)10/h19-25,27,31-32H,1,14-17H2,2-13H3,(H,30,33)/t19-,20-,21+,22?,23-,24?,25-,27+,29-/m1/s1. The summed E-state index contributed by atoms with van der Waals surface area (Å²) in [5, 5.41) is 24.9. The van der Waals surface area contributed by atoms with Crippen molar-refractivity contribution in [2.24, 2.45) is 11.3 Å². The quantitative estimate of drug-likeness (QED) is 0.160. The maximum Gasteiger partial charge on any atom is 0.256 e. The molecule has 0 aromatic carbocycles. The number of rotatable bonds is 13. The summed E-state index contributed by atoms with van der Waals surface area (Å²) in [6, 6.07) is 0. The summed E-state index contributed by atoms with van der Waals surface area (Å²) in [5.74, 6) is -2.21. The van der Waals surface area contributed by atoms with Gasteiger partial charge < -0.3 is 43.3 Å². The third kappa shape index (κ3) is 9.66. The van der Waals surface area contributed by atoms with Gasteiger partial charge in [-0.2, -0.15) is 0 Å². The average molecular weight is 620 g/mol. The van der Waals surface area contributed by atoms with E-state index >= 15 is 0 Å². The molecule has 1 amide bonds. The Labute approximate surface area is 249 Å². The van der Waals surface area contributed by atoms with Crippen LogP contribution in [0.4, 0.5) is 0 Å². The van der Waals surface area contributed by atoms with Crippen molar-refractivity contribution in [3.8, 4) is 0 Å². The smallest absolute Gasteiger partial charge is 0.256 e. The average Bonchev–Trinajstić information content (AvgIpc) is 2.84. The number of hydrogen-bond acceptors (Lipinski definition) is 9. The number of hydrogen-bond donors (Lipinski definition) is 3. The number of aliphatic hydroxyl groups excluding tert-OH is 2. The zero-order chi connectivity index (χ0) is 31.6. The maximum atomic E-state index is 13.4. The van der Waals surface area contributed by atoms with E-state index in [9.17, 15) is 15.0 Å². The zero-order valence-electron chi connectivity index (χ0n) is 27.4. The molecule has 0 spiro atoms. The van der Waals surface area contributed by atoms with Crippen molar-refractivity contribution in [2.45, 2.75) is 135 Å². The van der Waals surface area contributed by atoms with Crippen molar-refractivity contribution >= 4 is 22.5 Å². The van der Waals surface area contributed by atoms with Crippen molar-refractivity contribution in [1.82, 2.24) is 5.32 Å². The van der Waals surface area contributed by atoms with Gasteiger partial charge in [-0.05, 0) is 46.2 Å². The Bertz CT molecular complexity index is 890. The molecule has 0 bridgehead atoms. The largest absolute Gasteiger partial charge is 0.415 e. The Morgan fingerprint density at radius 3 is 2.22 bits per heavy atom. The molecule has 0 saturated carbocycles. The molecule has 2 rings (SSSR count). The first-order valence-electron chi connectivity index (χ1n) is 14.7. The van der Waals surface area contributed by atoms with Gasteiger partial charge in [-0.3, -0.25) is 4.79 Å². The second kappa shape index (κ2) is 14.0. The molecule has 0 aliphatic carbocycles. The predicted molar refractivity (Wildman–Crippen MR) is 163 cm³/mol. The molecule has 12 heteroatoms. The van der Waals surface area contributed by atoms with E-state index in [2.05, 4.69) is 65.0 Å². The molecule has 3 N–H and O–H groups in total. The van der Waals surface area contributed by atoms with E-state index in [1.165, 1.54) is 14.2 Å². The van der Waals surface area contributed by atoms with Gasteiger partial charge in [0.1, 0.15) is 6.10 Å². The first-order valence-corrected chi connectivity index (χ1v) is 21.5. The van der Waals surface area contributed by atoms with Gasteiger partial charge in [0, 0.05) is 44.8 Å². The first-order chi connectivity index (χ1) is 18.7. The molecule has 2 aliphatic rings. The number of carbonyl (C=O) groups is 1. The summed E-state index contributed by atoms with van der Waals surface area (Å²) >= 11 is 0. The molecule has 2 fully saturated rings. The van der Waals surface area contributed by atoms with Crippen LogP contribution in [0.15, 0.2) is 12.2 Å². The van der Waals surface area contributed by atoms with Gasteiger partial charge in [-0.1, -0.05) is 32.9 Å². The normalized spacial score (nSPS) is 33.2. The van der Waals surface area contributed by atoms with Crippen LogP contribution in [0, 0.1) is 11.3 Å². The topological polar surface area (TPSA) is 125 Å². The molecule has 10 nitrogen and oxygen atoms in total. The molecule has 240 valence electrons. The van der Waals surface area contributed by atoms with Gasteiger partial charge in [0.05, 0.1) is 31.0 Å². The summed E-state index contributed by atoms with van der Waals surface area (Å²) in [7, 11) is -0.886. The molecular weight excluding hydrogens is 562 g/mol. The van der Waals surface area contributed by atoms with Gasteiger partial charge in [-0.25, -0.2) is 0 Å². The SMILES string of the molecule is C=C1C[C@](OC)([C@H](O)C(=O)N[C@@H](OC)C2CC(O[Si](C)(C)C)C(C)(C)[C@@H](C[C@H](O)CO[Si](C)(C)C)O2)O[C@H](C)[C@@H]1C. The summed E-state index contributed by atoms with van der Waals surface area (Å²) in [6.45, 7) is 25.0. The first kappa shape index (κ1) is 36.5. The lowest BCUT2D eigenvalue weighted by Crippen LogP contribution is -2.63. The van der Waals surface area contributed by atoms with Crippen molar-refractivity contribution in [2.75, 3.05) is 20.8 Å². The highest BCUT2D eigenvalue weighted by molar-refractivity contribution is 6.70. The van der Waals surface area contributed by atoms with Crippen LogP contribution in [0.5, 0.6) is 0 Å². The van der Waals surface area contributed by atoms with Crippen molar-refractivity contribution in [1.29, 1.82) is 0 Å². The Morgan fingerprint density at radius 2 is 1.73 bits per heavy atom. The van der Waals surface area contributed by atoms with Crippen molar-refractivity contribution in [3.05, 3.63) is 12.2 Å². The van der Waals surface area contributed by atoms with E-state index in [1.807, 2.05) is 13.8 Å². The van der Waals surface area contributed by atoms with E-state index < -0.39 is 64.4 Å². The van der Waals surface area contributed by atoms with Gasteiger partial charge in [-0.15, -0.1) is 0 Å². The second-order valence-corrected chi connectivity index (χ2v) is 23.3. The molecule has 0 radical (unpaired) electrons. The van der Waals surface area contributed by atoms with E-state index in [0.717, 1.165) is 5.57 Å². The summed E-state index contributed by atoms with van der Waals surface area (Å²) in [6.07, 6.45) is -3.78. The second-order valence-electron chi connectivity index (χ2n) is 14.3. The minimum Gasteiger partial charge on any atom is -0.415 e. The molecular formula is C29H57NO9Si2.